The molecule has 0 unspecified atom stereocenters. The van der Waals surface area contributed by atoms with E-state index in [9.17, 15) is 4.39 Å². The Bertz CT molecular complexity index is 821. The van der Waals surface area contributed by atoms with Crippen LogP contribution in [0.1, 0.15) is 11.4 Å². The third kappa shape index (κ3) is 2.40. The Kier molecular flexibility index (Phi) is 3.44. The van der Waals surface area contributed by atoms with Crippen LogP contribution in [0.2, 0.25) is 0 Å². The molecule has 0 N–H and O–H groups in total. The zero-order chi connectivity index (χ0) is 14.8. The van der Waals surface area contributed by atoms with Crippen molar-refractivity contribution < 1.29 is 9.13 Å². The van der Waals surface area contributed by atoms with E-state index < -0.39 is 5.83 Å². The van der Waals surface area contributed by atoms with Crippen molar-refractivity contribution in [2.75, 3.05) is 7.11 Å². The number of rotatable bonds is 3. The Labute approximate surface area is 122 Å². The van der Waals surface area contributed by atoms with Crippen molar-refractivity contribution in [3.05, 3.63) is 59.9 Å². The Morgan fingerprint density at radius 2 is 1.86 bits per heavy atom. The summed E-state index contributed by atoms with van der Waals surface area (Å²) < 4.78 is 21.5. The van der Waals surface area contributed by atoms with Gasteiger partial charge in [-0.15, -0.1) is 0 Å². The van der Waals surface area contributed by atoms with Gasteiger partial charge in [-0.05, 0) is 24.3 Å². The summed E-state index contributed by atoms with van der Waals surface area (Å²) in [6, 6.07) is 14.9. The minimum absolute atomic E-state index is 0.308. The molecule has 0 aliphatic carbocycles. The van der Waals surface area contributed by atoms with Gasteiger partial charge in [0.25, 0.3) is 0 Å². The molecular weight excluding hydrogens is 267 g/mol. The number of nitrogens with zero attached hydrogens (tertiary/aromatic N) is 2. The van der Waals surface area contributed by atoms with Crippen molar-refractivity contribution in [2.45, 2.75) is 0 Å². The van der Waals surface area contributed by atoms with Crippen LogP contribution in [0.4, 0.5) is 4.39 Å². The molecule has 0 atom stereocenters. The van der Waals surface area contributed by atoms with Gasteiger partial charge in [-0.25, -0.2) is 9.37 Å². The number of aromatic nitrogens is 2. The normalized spacial score (nSPS) is 11.9. The first kappa shape index (κ1) is 13.4. The van der Waals surface area contributed by atoms with Crippen LogP contribution in [-0.2, 0) is 7.05 Å². The van der Waals surface area contributed by atoms with Crippen molar-refractivity contribution in [3.63, 3.8) is 0 Å². The maximum Gasteiger partial charge on any atom is 0.169 e. The average molecular weight is 282 g/mol. The van der Waals surface area contributed by atoms with Gasteiger partial charge in [0, 0.05) is 12.6 Å². The summed E-state index contributed by atoms with van der Waals surface area (Å²) in [6.07, 6.45) is 1.44. The molecule has 4 heteroatoms. The quantitative estimate of drug-likeness (QED) is 0.724. The molecule has 0 bridgehead atoms. The van der Waals surface area contributed by atoms with Gasteiger partial charge in [0.1, 0.15) is 5.75 Å². The van der Waals surface area contributed by atoms with Gasteiger partial charge in [0.15, 0.2) is 11.7 Å². The minimum atomic E-state index is -0.391. The zero-order valence-electron chi connectivity index (χ0n) is 11.9. The summed E-state index contributed by atoms with van der Waals surface area (Å²) in [5.74, 6) is 0.548. The van der Waals surface area contributed by atoms with E-state index >= 15 is 0 Å². The molecule has 3 nitrogen and oxygen atoms in total. The van der Waals surface area contributed by atoms with Crippen LogP contribution >= 0.6 is 0 Å². The third-order valence-electron chi connectivity index (χ3n) is 3.42. The number of aryl methyl sites for hydroxylation is 1. The lowest BCUT2D eigenvalue weighted by atomic mass is 10.2. The molecule has 2 aromatic carbocycles. The van der Waals surface area contributed by atoms with E-state index in [-0.39, 0.29) is 0 Å². The lowest BCUT2D eigenvalue weighted by Gasteiger charge is -2.04. The van der Waals surface area contributed by atoms with E-state index in [0.717, 1.165) is 11.0 Å². The van der Waals surface area contributed by atoms with Crippen molar-refractivity contribution in [1.82, 2.24) is 9.55 Å². The lowest BCUT2D eigenvalue weighted by Crippen LogP contribution is -1.94. The summed E-state index contributed by atoms with van der Waals surface area (Å²) in [4.78, 5) is 4.34. The Hall–Kier alpha value is -2.62. The molecule has 106 valence electrons. The molecule has 1 heterocycles. The highest BCUT2D eigenvalue weighted by molar-refractivity contribution is 5.83. The van der Waals surface area contributed by atoms with Gasteiger partial charge < -0.3 is 9.30 Å². The van der Waals surface area contributed by atoms with Crippen LogP contribution in [0.5, 0.6) is 5.75 Å². The Balaban J connectivity index is 2.09. The topological polar surface area (TPSA) is 27.1 Å². The van der Waals surface area contributed by atoms with Gasteiger partial charge in [-0.3, -0.25) is 0 Å². The highest BCUT2D eigenvalue weighted by atomic mass is 19.1. The summed E-state index contributed by atoms with van der Waals surface area (Å²) >= 11 is 0. The van der Waals surface area contributed by atoms with E-state index in [1.54, 1.807) is 30.9 Å². The van der Waals surface area contributed by atoms with Gasteiger partial charge in [-0.2, -0.15) is 0 Å². The van der Waals surface area contributed by atoms with Crippen molar-refractivity contribution in [3.8, 4) is 5.75 Å². The monoisotopic (exact) mass is 282 g/mol. The van der Waals surface area contributed by atoms with Crippen LogP contribution in [0.15, 0.2) is 48.5 Å². The fraction of sp³-hybridized carbons (Fsp3) is 0.118. The molecular formula is C17H15FN2O. The number of fused-ring (bicyclic) bond motifs is 1. The SMILES string of the molecule is COc1ccccc1/C=C(\F)c1nc2ccccc2n1C. The number of hydrogen-bond acceptors (Lipinski definition) is 2. The van der Waals surface area contributed by atoms with Crippen molar-refractivity contribution >= 4 is 22.9 Å². The standard InChI is InChI=1S/C17H15FN2O/c1-20-15-9-5-4-8-14(15)19-17(20)13(18)11-12-7-3-6-10-16(12)21-2/h3-11H,1-2H3/b13-11-. The molecule has 0 radical (unpaired) electrons. The van der Waals surface area contributed by atoms with Gasteiger partial charge in [0.2, 0.25) is 0 Å². The van der Waals surface area contributed by atoms with Crippen LogP contribution in [0.25, 0.3) is 22.9 Å². The average Bonchev–Trinajstić information content (AvgIpc) is 2.85. The molecule has 0 spiro atoms. The molecule has 0 aliphatic heterocycles. The first-order valence-corrected chi connectivity index (χ1v) is 6.63. The Morgan fingerprint density at radius 3 is 2.62 bits per heavy atom. The van der Waals surface area contributed by atoms with E-state index in [4.69, 9.17) is 4.74 Å². The first-order valence-electron chi connectivity index (χ1n) is 6.63. The number of imidazole rings is 1. The summed E-state index contributed by atoms with van der Waals surface area (Å²) in [5.41, 5.74) is 2.36. The molecule has 3 aromatic rings. The number of benzene rings is 2. The first-order chi connectivity index (χ1) is 10.2. The predicted octanol–water partition coefficient (Wildman–Crippen LogP) is 4.05. The molecule has 3 rings (SSSR count). The van der Waals surface area contributed by atoms with Gasteiger partial charge >= 0.3 is 0 Å². The predicted molar refractivity (Wildman–Crippen MR) is 82.7 cm³/mol. The number of halogens is 1. The number of hydrogen-bond donors (Lipinski definition) is 0. The highest BCUT2D eigenvalue weighted by Gasteiger charge is 2.12. The molecule has 1 aromatic heterocycles. The van der Waals surface area contributed by atoms with Crippen LogP contribution < -0.4 is 4.74 Å². The van der Waals surface area contributed by atoms with E-state index in [2.05, 4.69) is 4.98 Å². The van der Waals surface area contributed by atoms with Crippen LogP contribution in [0, 0.1) is 0 Å². The molecule has 0 saturated heterocycles. The fourth-order valence-electron chi connectivity index (χ4n) is 2.35. The van der Waals surface area contributed by atoms with Gasteiger partial charge in [-0.1, -0.05) is 30.3 Å². The van der Waals surface area contributed by atoms with Crippen LogP contribution in [0.3, 0.4) is 0 Å². The molecule has 0 aliphatic rings. The number of methoxy groups -OCH3 is 1. The largest absolute Gasteiger partial charge is 0.496 e. The Morgan fingerprint density at radius 1 is 1.14 bits per heavy atom. The third-order valence-corrected chi connectivity index (χ3v) is 3.42. The second kappa shape index (κ2) is 5.40. The van der Waals surface area contributed by atoms with E-state index in [1.165, 1.54) is 6.08 Å². The second-order valence-electron chi connectivity index (χ2n) is 4.72. The molecule has 0 amide bonds. The molecule has 0 fully saturated rings. The van der Waals surface area contributed by atoms with Gasteiger partial charge in [0.05, 0.1) is 18.1 Å². The van der Waals surface area contributed by atoms with Crippen LogP contribution in [-0.4, -0.2) is 16.7 Å². The number of para-hydroxylation sites is 3. The zero-order valence-corrected chi connectivity index (χ0v) is 11.9. The number of ether oxygens (including phenoxy) is 1. The van der Waals surface area contributed by atoms with Crippen molar-refractivity contribution in [1.29, 1.82) is 0 Å². The summed E-state index contributed by atoms with van der Waals surface area (Å²) in [6.45, 7) is 0. The van der Waals surface area contributed by atoms with E-state index in [0.29, 0.717) is 17.1 Å². The molecule has 0 saturated carbocycles. The molecule has 21 heavy (non-hydrogen) atoms. The maximum atomic E-state index is 14.6. The fourth-order valence-corrected chi connectivity index (χ4v) is 2.35. The summed E-state index contributed by atoms with van der Waals surface area (Å²) in [7, 11) is 3.37. The lowest BCUT2D eigenvalue weighted by molar-refractivity contribution is 0.414. The highest BCUT2D eigenvalue weighted by Crippen LogP contribution is 2.26. The second-order valence-corrected chi connectivity index (χ2v) is 4.72. The van der Waals surface area contributed by atoms with E-state index in [1.807, 2.05) is 36.4 Å². The van der Waals surface area contributed by atoms with Crippen molar-refractivity contribution in [2.24, 2.45) is 7.05 Å². The minimum Gasteiger partial charge on any atom is -0.496 e. The smallest absolute Gasteiger partial charge is 0.169 e. The summed E-state index contributed by atoms with van der Waals surface area (Å²) in [5, 5.41) is 0. The maximum absolute atomic E-state index is 14.6.